The summed E-state index contributed by atoms with van der Waals surface area (Å²) in [6.45, 7) is 3.63. The second-order valence-electron chi connectivity index (χ2n) is 4.54. The molecule has 0 radical (unpaired) electrons. The first kappa shape index (κ1) is 13.0. The summed E-state index contributed by atoms with van der Waals surface area (Å²) in [4.78, 5) is 14.6. The second kappa shape index (κ2) is 5.48. The molecule has 0 bridgehead atoms. The summed E-state index contributed by atoms with van der Waals surface area (Å²) in [5, 5.41) is 10.9. The lowest BCUT2D eigenvalue weighted by Crippen LogP contribution is -2.05. The molecule has 2 rings (SSSR count). The molecule has 0 aliphatic rings. The van der Waals surface area contributed by atoms with Crippen molar-refractivity contribution >= 4 is 6.08 Å². The van der Waals surface area contributed by atoms with E-state index in [-0.39, 0.29) is 16.5 Å². The van der Waals surface area contributed by atoms with Crippen LogP contribution in [0.3, 0.4) is 0 Å². The number of rotatable bonds is 4. The van der Waals surface area contributed by atoms with E-state index in [9.17, 15) is 10.1 Å². The highest BCUT2D eigenvalue weighted by Gasteiger charge is 2.15. The summed E-state index contributed by atoms with van der Waals surface area (Å²) in [5.74, 6) is -0.108. The van der Waals surface area contributed by atoms with Gasteiger partial charge in [0.15, 0.2) is 0 Å². The second-order valence-corrected chi connectivity index (χ2v) is 4.54. The molecule has 0 aliphatic carbocycles. The van der Waals surface area contributed by atoms with Gasteiger partial charge in [-0.15, -0.1) is 0 Å². The first-order valence-corrected chi connectivity index (χ1v) is 6.02. The normalized spacial score (nSPS) is 11.8. The van der Waals surface area contributed by atoms with Crippen molar-refractivity contribution in [1.82, 2.24) is 9.55 Å². The van der Waals surface area contributed by atoms with Crippen molar-refractivity contribution < 1.29 is 4.92 Å². The van der Waals surface area contributed by atoms with Gasteiger partial charge in [0.2, 0.25) is 5.70 Å². The quantitative estimate of drug-likeness (QED) is 0.624. The highest BCUT2D eigenvalue weighted by Crippen LogP contribution is 2.17. The SMILES string of the molecule is CC(C)/C(=C/c1ccc(-n2ccnc2)cc1)[N+](=O)[O-]. The van der Waals surface area contributed by atoms with Crippen molar-refractivity contribution in [2.75, 3.05) is 0 Å². The van der Waals surface area contributed by atoms with Gasteiger partial charge in [-0.2, -0.15) is 0 Å². The zero-order valence-corrected chi connectivity index (χ0v) is 10.9. The molecule has 2 aromatic rings. The van der Waals surface area contributed by atoms with Crippen LogP contribution >= 0.6 is 0 Å². The van der Waals surface area contributed by atoms with Gasteiger partial charge < -0.3 is 4.57 Å². The minimum Gasteiger partial charge on any atom is -0.306 e. The van der Waals surface area contributed by atoms with Crippen LogP contribution in [0.15, 0.2) is 48.7 Å². The van der Waals surface area contributed by atoms with Crippen molar-refractivity contribution in [2.24, 2.45) is 5.92 Å². The number of allylic oxidation sites excluding steroid dienone is 1. The third kappa shape index (κ3) is 3.07. The lowest BCUT2D eigenvalue weighted by Gasteiger charge is -2.04. The lowest BCUT2D eigenvalue weighted by molar-refractivity contribution is -0.431. The van der Waals surface area contributed by atoms with Crippen molar-refractivity contribution in [3.63, 3.8) is 0 Å². The fourth-order valence-corrected chi connectivity index (χ4v) is 1.76. The number of aromatic nitrogens is 2. The molecular weight excluding hydrogens is 242 g/mol. The first-order valence-electron chi connectivity index (χ1n) is 6.02. The van der Waals surface area contributed by atoms with Crippen LogP contribution in [0.4, 0.5) is 0 Å². The fraction of sp³-hybridized carbons (Fsp3) is 0.214. The Morgan fingerprint density at radius 2 is 2.05 bits per heavy atom. The van der Waals surface area contributed by atoms with Crippen LogP contribution in [-0.4, -0.2) is 14.5 Å². The van der Waals surface area contributed by atoms with Gasteiger partial charge in [-0.3, -0.25) is 10.1 Å². The number of imidazole rings is 1. The molecule has 19 heavy (non-hydrogen) atoms. The number of hydrogen-bond donors (Lipinski definition) is 0. The Morgan fingerprint density at radius 1 is 1.37 bits per heavy atom. The van der Waals surface area contributed by atoms with Crippen LogP contribution in [0, 0.1) is 16.0 Å². The summed E-state index contributed by atoms with van der Waals surface area (Å²) >= 11 is 0. The minimum atomic E-state index is -0.325. The van der Waals surface area contributed by atoms with E-state index < -0.39 is 0 Å². The molecule has 5 heteroatoms. The zero-order chi connectivity index (χ0) is 13.8. The molecule has 1 heterocycles. The molecular formula is C14H15N3O2. The largest absolute Gasteiger partial charge is 0.306 e. The number of hydrogen-bond acceptors (Lipinski definition) is 3. The Kier molecular flexibility index (Phi) is 3.75. The maximum Gasteiger partial charge on any atom is 0.249 e. The van der Waals surface area contributed by atoms with Crippen molar-refractivity contribution in [1.29, 1.82) is 0 Å². The minimum absolute atomic E-state index is 0.108. The number of benzene rings is 1. The molecule has 0 unspecified atom stereocenters. The Morgan fingerprint density at radius 3 is 2.53 bits per heavy atom. The topological polar surface area (TPSA) is 61.0 Å². The molecule has 1 aromatic carbocycles. The van der Waals surface area contributed by atoms with Gasteiger partial charge in [-0.1, -0.05) is 26.0 Å². The van der Waals surface area contributed by atoms with Gasteiger partial charge in [0, 0.05) is 30.1 Å². The fourth-order valence-electron chi connectivity index (χ4n) is 1.76. The Labute approximate surface area is 111 Å². The van der Waals surface area contributed by atoms with E-state index in [1.807, 2.05) is 48.9 Å². The molecule has 0 spiro atoms. The average Bonchev–Trinajstić information content (AvgIpc) is 2.89. The van der Waals surface area contributed by atoms with E-state index in [4.69, 9.17) is 0 Å². The molecule has 0 atom stereocenters. The van der Waals surface area contributed by atoms with Gasteiger partial charge in [0.25, 0.3) is 0 Å². The Balaban J connectivity index is 2.28. The zero-order valence-electron chi connectivity index (χ0n) is 10.9. The molecule has 0 saturated heterocycles. The molecule has 0 aliphatic heterocycles. The van der Waals surface area contributed by atoms with Crippen LogP contribution < -0.4 is 0 Å². The summed E-state index contributed by atoms with van der Waals surface area (Å²) in [6.07, 6.45) is 6.88. The third-order valence-electron chi connectivity index (χ3n) is 2.81. The van der Waals surface area contributed by atoms with Crippen molar-refractivity contribution in [3.8, 4) is 5.69 Å². The van der Waals surface area contributed by atoms with Gasteiger partial charge in [0.05, 0.1) is 11.3 Å². The standard InChI is InChI=1S/C14H15N3O2/c1-11(2)14(17(18)19)9-12-3-5-13(6-4-12)16-8-7-15-10-16/h3-11H,1-2H3/b14-9-. The molecule has 0 fully saturated rings. The summed E-state index contributed by atoms with van der Waals surface area (Å²) in [5.41, 5.74) is 2.02. The van der Waals surface area contributed by atoms with Crippen molar-refractivity contribution in [2.45, 2.75) is 13.8 Å². The van der Waals surface area contributed by atoms with E-state index in [1.165, 1.54) is 0 Å². The van der Waals surface area contributed by atoms with Gasteiger partial charge >= 0.3 is 0 Å². The maximum absolute atomic E-state index is 10.9. The van der Waals surface area contributed by atoms with E-state index >= 15 is 0 Å². The summed E-state index contributed by atoms with van der Waals surface area (Å²) < 4.78 is 1.88. The van der Waals surface area contributed by atoms with E-state index in [0.29, 0.717) is 0 Å². The third-order valence-corrected chi connectivity index (χ3v) is 2.81. The molecule has 1 aromatic heterocycles. The summed E-state index contributed by atoms with van der Waals surface area (Å²) in [6, 6.07) is 7.54. The highest BCUT2D eigenvalue weighted by atomic mass is 16.6. The smallest absolute Gasteiger partial charge is 0.249 e. The van der Waals surface area contributed by atoms with Gasteiger partial charge in [-0.05, 0) is 17.7 Å². The van der Waals surface area contributed by atoms with Crippen LogP contribution in [0.25, 0.3) is 11.8 Å². The van der Waals surface area contributed by atoms with Gasteiger partial charge in [-0.25, -0.2) is 4.98 Å². The number of nitrogens with zero attached hydrogens (tertiary/aromatic N) is 3. The predicted octanol–water partition coefficient (Wildman–Crippen LogP) is 3.15. The van der Waals surface area contributed by atoms with Crippen molar-refractivity contribution in [3.05, 3.63) is 64.4 Å². The molecule has 0 N–H and O–H groups in total. The Hall–Kier alpha value is -2.43. The average molecular weight is 257 g/mol. The Bertz CT molecular complexity index is 584. The van der Waals surface area contributed by atoms with E-state index in [0.717, 1.165) is 11.3 Å². The molecule has 0 amide bonds. The van der Waals surface area contributed by atoms with Crippen LogP contribution in [-0.2, 0) is 0 Å². The molecule has 98 valence electrons. The maximum atomic E-state index is 10.9. The molecule has 0 saturated carbocycles. The highest BCUT2D eigenvalue weighted by molar-refractivity contribution is 5.53. The molecule has 5 nitrogen and oxygen atoms in total. The monoisotopic (exact) mass is 257 g/mol. The predicted molar refractivity (Wildman–Crippen MR) is 73.4 cm³/mol. The van der Waals surface area contributed by atoms with Crippen LogP contribution in [0.2, 0.25) is 0 Å². The van der Waals surface area contributed by atoms with E-state index in [1.54, 1.807) is 18.6 Å². The van der Waals surface area contributed by atoms with Gasteiger partial charge in [0.1, 0.15) is 0 Å². The lowest BCUT2D eigenvalue weighted by atomic mass is 10.1. The summed E-state index contributed by atoms with van der Waals surface area (Å²) in [7, 11) is 0. The van der Waals surface area contributed by atoms with E-state index in [2.05, 4.69) is 4.98 Å². The first-order chi connectivity index (χ1) is 9.08. The number of nitro groups is 1. The van der Waals surface area contributed by atoms with Crippen LogP contribution in [0.1, 0.15) is 19.4 Å². The van der Waals surface area contributed by atoms with Crippen LogP contribution in [0.5, 0.6) is 0 Å².